The van der Waals surface area contributed by atoms with Crippen LogP contribution in [0.25, 0.3) is 11.0 Å². The highest BCUT2D eigenvalue weighted by Crippen LogP contribution is 2.37. The summed E-state index contributed by atoms with van der Waals surface area (Å²) in [6.07, 6.45) is 2.33. The maximum absolute atomic E-state index is 15.4. The van der Waals surface area contributed by atoms with Crippen molar-refractivity contribution in [1.82, 2.24) is 14.9 Å². The van der Waals surface area contributed by atoms with Gasteiger partial charge in [0.15, 0.2) is 23.2 Å². The topological polar surface area (TPSA) is 143 Å². The van der Waals surface area contributed by atoms with Crippen molar-refractivity contribution in [2.45, 2.75) is 50.9 Å². The van der Waals surface area contributed by atoms with Gasteiger partial charge in [-0.1, -0.05) is 0 Å². The van der Waals surface area contributed by atoms with E-state index in [0.29, 0.717) is 19.4 Å². The molecule has 2 N–H and O–H groups in total. The van der Waals surface area contributed by atoms with E-state index in [-0.39, 0.29) is 59.9 Å². The zero-order valence-electron chi connectivity index (χ0n) is 23.2. The van der Waals surface area contributed by atoms with Crippen molar-refractivity contribution in [3.63, 3.8) is 0 Å². The van der Waals surface area contributed by atoms with Gasteiger partial charge in [0.25, 0.3) is 0 Å². The number of carboxylic acids is 1. The van der Waals surface area contributed by atoms with Gasteiger partial charge in [-0.15, -0.1) is 0 Å². The fraction of sp³-hybridized carbons (Fsp3) is 0.414. The minimum Gasteiger partial charge on any atom is -0.486 e. The first kappa shape index (κ1) is 28.4. The summed E-state index contributed by atoms with van der Waals surface area (Å²) in [5.74, 6) is -3.11. The number of halogens is 2. The maximum atomic E-state index is 15.4. The van der Waals surface area contributed by atoms with Crippen LogP contribution in [-0.4, -0.2) is 71.0 Å². The van der Waals surface area contributed by atoms with E-state index >= 15 is 8.78 Å². The highest BCUT2D eigenvalue weighted by molar-refractivity contribution is 5.92. The molecule has 4 heterocycles. The Labute approximate surface area is 243 Å². The van der Waals surface area contributed by atoms with Gasteiger partial charge in [-0.25, -0.2) is 23.4 Å². The summed E-state index contributed by atoms with van der Waals surface area (Å²) >= 11 is 0. The Morgan fingerprint density at radius 2 is 1.93 bits per heavy atom. The van der Waals surface area contributed by atoms with Crippen molar-refractivity contribution in [3.05, 3.63) is 57.9 Å². The smallest absolute Gasteiger partial charge is 0.414 e. The van der Waals surface area contributed by atoms with Gasteiger partial charge in [0, 0.05) is 31.8 Å². The van der Waals surface area contributed by atoms with E-state index in [0.717, 1.165) is 18.9 Å². The van der Waals surface area contributed by atoms with Gasteiger partial charge in [0.05, 0.1) is 30.7 Å². The molecule has 2 aliphatic heterocycles. The molecule has 43 heavy (non-hydrogen) atoms. The van der Waals surface area contributed by atoms with Gasteiger partial charge >= 0.3 is 12.1 Å². The predicted molar refractivity (Wildman–Crippen MR) is 150 cm³/mol. The Hall–Kier alpha value is -4.75. The molecule has 14 heteroatoms. The number of benzene rings is 1. The normalized spacial score (nSPS) is 20.3. The van der Waals surface area contributed by atoms with E-state index in [2.05, 4.69) is 10.3 Å². The van der Waals surface area contributed by atoms with Crippen LogP contribution in [0.15, 0.2) is 35.3 Å². The first-order chi connectivity index (χ1) is 20.6. The van der Waals surface area contributed by atoms with E-state index < -0.39 is 46.9 Å². The Bertz CT molecular complexity index is 1690. The van der Waals surface area contributed by atoms with Crippen LogP contribution in [0.4, 0.5) is 25.1 Å². The number of carbonyl (C=O) groups excluding carboxylic acids is 2. The summed E-state index contributed by atoms with van der Waals surface area (Å²) in [5, 5.41) is 12.0. The molecule has 3 fully saturated rings. The highest BCUT2D eigenvalue weighted by atomic mass is 19.1. The molecular weight excluding hydrogens is 568 g/mol. The molecule has 6 rings (SSSR count). The Morgan fingerprint density at radius 1 is 1.14 bits per heavy atom. The molecule has 3 aromatic rings. The molecule has 1 unspecified atom stereocenters. The number of fused-ring (bicyclic) bond motifs is 1. The van der Waals surface area contributed by atoms with Gasteiger partial charge in [-0.05, 0) is 43.9 Å². The van der Waals surface area contributed by atoms with E-state index in [9.17, 15) is 24.3 Å². The second-order valence-corrected chi connectivity index (χ2v) is 11.0. The Morgan fingerprint density at radius 3 is 2.63 bits per heavy atom. The number of cyclic esters (lactones) is 1. The number of aromatic nitrogens is 2. The van der Waals surface area contributed by atoms with Crippen LogP contribution in [0.2, 0.25) is 0 Å². The monoisotopic (exact) mass is 597 g/mol. The van der Waals surface area contributed by atoms with E-state index in [1.54, 1.807) is 9.47 Å². The third kappa shape index (κ3) is 5.68. The second kappa shape index (κ2) is 11.2. The summed E-state index contributed by atoms with van der Waals surface area (Å²) in [7, 11) is 0. The van der Waals surface area contributed by atoms with Crippen molar-refractivity contribution < 1.29 is 37.7 Å². The van der Waals surface area contributed by atoms with Crippen LogP contribution in [0.1, 0.15) is 49.0 Å². The number of amides is 2. The molecule has 2 amide bonds. The van der Waals surface area contributed by atoms with E-state index in [4.69, 9.17) is 9.47 Å². The fourth-order valence-electron chi connectivity index (χ4n) is 5.50. The summed E-state index contributed by atoms with van der Waals surface area (Å²) in [5.41, 5.74) is -0.722. The molecule has 2 aromatic heterocycles. The molecule has 226 valence electrons. The fourth-order valence-corrected chi connectivity index (χ4v) is 5.50. The molecule has 0 radical (unpaired) electrons. The second-order valence-electron chi connectivity index (χ2n) is 11.0. The quantitative estimate of drug-likeness (QED) is 0.400. The number of ether oxygens (including phenoxy) is 2. The van der Waals surface area contributed by atoms with E-state index in [1.807, 2.05) is 0 Å². The van der Waals surface area contributed by atoms with Gasteiger partial charge in [0.2, 0.25) is 11.3 Å². The molecule has 1 aliphatic carbocycles. The first-order valence-electron chi connectivity index (χ1n) is 14.0. The largest absolute Gasteiger partial charge is 0.486 e. The number of anilines is 2. The average Bonchev–Trinajstić information content (AvgIpc) is 3.74. The zero-order chi connectivity index (χ0) is 30.4. The van der Waals surface area contributed by atoms with Crippen LogP contribution >= 0.6 is 0 Å². The third-order valence-corrected chi connectivity index (χ3v) is 7.76. The summed E-state index contributed by atoms with van der Waals surface area (Å²) in [6.45, 7) is 2.30. The van der Waals surface area contributed by atoms with Crippen LogP contribution < -0.4 is 25.3 Å². The van der Waals surface area contributed by atoms with Crippen LogP contribution in [0, 0.1) is 11.6 Å². The van der Waals surface area contributed by atoms with Crippen molar-refractivity contribution in [1.29, 1.82) is 0 Å². The third-order valence-electron chi connectivity index (χ3n) is 7.76. The highest BCUT2D eigenvalue weighted by Gasteiger charge is 2.34. The van der Waals surface area contributed by atoms with Crippen molar-refractivity contribution in [2.24, 2.45) is 0 Å². The minimum absolute atomic E-state index is 0.00913. The Kier molecular flexibility index (Phi) is 7.36. The van der Waals surface area contributed by atoms with Gasteiger partial charge in [0.1, 0.15) is 23.4 Å². The first-order valence-corrected chi connectivity index (χ1v) is 14.0. The van der Waals surface area contributed by atoms with Crippen LogP contribution in [0.3, 0.4) is 0 Å². The van der Waals surface area contributed by atoms with Gasteiger partial charge in [-0.3, -0.25) is 14.5 Å². The van der Waals surface area contributed by atoms with Crippen molar-refractivity contribution in [3.8, 4) is 5.75 Å². The number of nitrogens with zero attached hydrogens (tertiary/aromatic N) is 4. The lowest BCUT2D eigenvalue weighted by atomic mass is 10.1. The molecule has 2 atom stereocenters. The number of hydrogen-bond acceptors (Lipinski definition) is 8. The lowest BCUT2D eigenvalue weighted by Gasteiger charge is -2.34. The van der Waals surface area contributed by atoms with Gasteiger partial charge < -0.3 is 29.4 Å². The number of rotatable bonds is 8. The zero-order valence-corrected chi connectivity index (χ0v) is 23.2. The molecule has 3 aliphatic rings. The average molecular weight is 598 g/mol. The lowest BCUT2D eigenvalue weighted by Crippen LogP contribution is -2.42. The SMILES string of the molecule is CC(=O)NC[C@H]1CN(c2ccc(OC3CCCN(c4nc5c(cc4F)c(=O)c(C(=O)O)cn5C4CC4)C3)c(F)c2)C(=O)O1. The number of hydrogen-bond donors (Lipinski definition) is 2. The van der Waals surface area contributed by atoms with Crippen LogP contribution in [-0.2, 0) is 9.53 Å². The molecule has 2 saturated heterocycles. The summed E-state index contributed by atoms with van der Waals surface area (Å²) in [4.78, 5) is 55.3. The molecule has 0 bridgehead atoms. The number of nitrogens with one attached hydrogen (secondary N) is 1. The number of aromatic carboxylic acids is 1. The molecule has 1 aromatic carbocycles. The number of carbonyl (C=O) groups is 3. The van der Waals surface area contributed by atoms with Gasteiger partial charge in [-0.2, -0.15) is 0 Å². The number of pyridine rings is 2. The van der Waals surface area contributed by atoms with Crippen molar-refractivity contribution in [2.75, 3.05) is 36.0 Å². The van der Waals surface area contributed by atoms with Crippen molar-refractivity contribution >= 4 is 40.5 Å². The predicted octanol–water partition coefficient (Wildman–Crippen LogP) is 3.22. The van der Waals surface area contributed by atoms with Crippen LogP contribution in [0.5, 0.6) is 5.75 Å². The number of carboxylic acid groups (broad SMARTS) is 1. The number of piperidine rings is 1. The maximum Gasteiger partial charge on any atom is 0.414 e. The molecule has 1 saturated carbocycles. The Balaban J connectivity index is 1.19. The molecular formula is C29H29F2N5O7. The minimum atomic E-state index is -1.38. The lowest BCUT2D eigenvalue weighted by molar-refractivity contribution is -0.119. The molecule has 12 nitrogen and oxygen atoms in total. The summed E-state index contributed by atoms with van der Waals surface area (Å²) in [6, 6.07) is 5.15. The molecule has 0 spiro atoms. The standard InChI is InChI=1S/C29H29F2N5O7/c1-15(37)32-11-19-13-36(29(41)43-19)17-6-7-24(22(30)9-17)42-18-3-2-8-34(12-18)27-23(31)10-20-25(38)21(28(39)40)14-35(16-4-5-16)26(20)33-27/h6-7,9-10,14,16,18-19H,2-5,8,11-13H2,1H3,(H,32,37)(H,39,40)/t18?,19-/m0/s1. The van der Waals surface area contributed by atoms with E-state index in [1.165, 1.54) is 36.2 Å². The summed E-state index contributed by atoms with van der Waals surface area (Å²) < 4.78 is 43.3.